The predicted octanol–water partition coefficient (Wildman–Crippen LogP) is 6.66. The molecule has 2 aromatic rings. The van der Waals surface area contributed by atoms with Gasteiger partial charge in [-0.05, 0) is 60.3 Å². The van der Waals surface area contributed by atoms with Crippen LogP contribution in [0.2, 0.25) is 0 Å². The van der Waals surface area contributed by atoms with E-state index in [9.17, 15) is 4.39 Å². The quantitative estimate of drug-likeness (QED) is 0.595. The Balaban J connectivity index is 1.85. The van der Waals surface area contributed by atoms with Crippen LogP contribution in [0.25, 0.3) is 11.1 Å². The summed E-state index contributed by atoms with van der Waals surface area (Å²) in [7, 11) is 0. The van der Waals surface area contributed by atoms with Gasteiger partial charge in [-0.3, -0.25) is 0 Å². The third-order valence-corrected chi connectivity index (χ3v) is 5.54. The first kappa shape index (κ1) is 16.2. The molecule has 0 atom stereocenters. The molecule has 1 aliphatic rings. The fourth-order valence-electron chi connectivity index (χ4n) is 3.90. The van der Waals surface area contributed by atoms with Crippen molar-refractivity contribution in [3.63, 3.8) is 0 Å². The first-order valence-corrected chi connectivity index (χ1v) is 8.98. The van der Waals surface area contributed by atoms with Gasteiger partial charge in [0.2, 0.25) is 0 Å². The Morgan fingerprint density at radius 1 is 0.957 bits per heavy atom. The molecule has 1 heteroatoms. The molecule has 0 bridgehead atoms. The molecule has 0 amide bonds. The largest absolute Gasteiger partial charge is 0.206 e. The summed E-state index contributed by atoms with van der Waals surface area (Å²) in [6.45, 7) is 6.35. The molecule has 2 aromatic carbocycles. The molecule has 122 valence electrons. The second-order valence-electron chi connectivity index (χ2n) is 7.15. The van der Waals surface area contributed by atoms with Crippen molar-refractivity contribution in [3.05, 3.63) is 58.9 Å². The number of rotatable bonds is 3. The van der Waals surface area contributed by atoms with Crippen LogP contribution in [0.3, 0.4) is 0 Å². The zero-order valence-corrected chi connectivity index (χ0v) is 14.5. The van der Waals surface area contributed by atoms with Crippen LogP contribution in [0, 0.1) is 18.7 Å². The van der Waals surface area contributed by atoms with Crippen molar-refractivity contribution in [3.8, 4) is 11.1 Å². The van der Waals surface area contributed by atoms with E-state index in [-0.39, 0.29) is 5.82 Å². The van der Waals surface area contributed by atoms with Gasteiger partial charge >= 0.3 is 0 Å². The highest BCUT2D eigenvalue weighted by Gasteiger charge is 2.20. The lowest BCUT2D eigenvalue weighted by atomic mass is 9.79. The average molecular weight is 310 g/mol. The van der Waals surface area contributed by atoms with Crippen LogP contribution >= 0.6 is 0 Å². The standard InChI is InChI=1S/C22H27F/c1-4-20-16(3)7-14-21(22(20)23)19-12-10-18(11-13-19)17-8-5-15(2)6-9-17/h7,10-15,17H,4-6,8-9H2,1-3H3. The SMILES string of the molecule is CCc1c(C)ccc(-c2ccc(C3CCC(C)CC3)cc2)c1F. The van der Waals surface area contributed by atoms with Gasteiger partial charge in [0.15, 0.2) is 0 Å². The maximum atomic E-state index is 14.7. The Morgan fingerprint density at radius 2 is 1.61 bits per heavy atom. The van der Waals surface area contributed by atoms with Gasteiger partial charge in [-0.15, -0.1) is 0 Å². The van der Waals surface area contributed by atoms with Crippen LogP contribution in [0.15, 0.2) is 36.4 Å². The molecular weight excluding hydrogens is 283 g/mol. The Hall–Kier alpha value is -1.63. The maximum absolute atomic E-state index is 14.7. The van der Waals surface area contributed by atoms with E-state index >= 15 is 0 Å². The summed E-state index contributed by atoms with van der Waals surface area (Å²) in [5, 5.41) is 0. The van der Waals surface area contributed by atoms with Crippen molar-refractivity contribution in [1.29, 1.82) is 0 Å². The van der Waals surface area contributed by atoms with Crippen molar-refractivity contribution in [1.82, 2.24) is 0 Å². The molecule has 0 spiro atoms. The van der Waals surface area contributed by atoms with Gasteiger partial charge in [0.1, 0.15) is 5.82 Å². The summed E-state index contributed by atoms with van der Waals surface area (Å²) in [5.74, 6) is 1.51. The van der Waals surface area contributed by atoms with E-state index < -0.39 is 0 Å². The third-order valence-electron chi connectivity index (χ3n) is 5.54. The minimum Gasteiger partial charge on any atom is -0.206 e. The smallest absolute Gasteiger partial charge is 0.134 e. The van der Waals surface area contributed by atoms with Gasteiger partial charge in [0.05, 0.1) is 0 Å². The Labute approximate surface area is 139 Å². The molecule has 0 unspecified atom stereocenters. The van der Waals surface area contributed by atoms with Gasteiger partial charge in [-0.1, -0.05) is 63.1 Å². The van der Waals surface area contributed by atoms with Crippen molar-refractivity contribution in [2.75, 3.05) is 0 Å². The molecule has 3 rings (SSSR count). The lowest BCUT2D eigenvalue weighted by Crippen LogP contribution is -2.10. The van der Waals surface area contributed by atoms with E-state index in [2.05, 4.69) is 31.2 Å². The molecule has 0 aromatic heterocycles. The van der Waals surface area contributed by atoms with Crippen molar-refractivity contribution >= 4 is 0 Å². The van der Waals surface area contributed by atoms with Gasteiger partial charge < -0.3 is 0 Å². The molecular formula is C22H27F. The normalized spacial score (nSPS) is 21.4. The number of halogens is 1. The van der Waals surface area contributed by atoms with Crippen LogP contribution in [-0.2, 0) is 6.42 Å². The highest BCUT2D eigenvalue weighted by atomic mass is 19.1. The molecule has 0 nitrogen and oxygen atoms in total. The monoisotopic (exact) mass is 310 g/mol. The van der Waals surface area contributed by atoms with E-state index in [0.717, 1.165) is 34.6 Å². The molecule has 23 heavy (non-hydrogen) atoms. The molecule has 1 fully saturated rings. The summed E-state index contributed by atoms with van der Waals surface area (Å²) in [5.41, 5.74) is 5.03. The van der Waals surface area contributed by atoms with Gasteiger partial charge in [-0.2, -0.15) is 0 Å². The van der Waals surface area contributed by atoms with Crippen LogP contribution in [0.5, 0.6) is 0 Å². The van der Waals surface area contributed by atoms with E-state index in [4.69, 9.17) is 0 Å². The molecule has 0 radical (unpaired) electrons. The Kier molecular flexibility index (Phi) is 4.84. The van der Waals surface area contributed by atoms with Crippen LogP contribution in [0.4, 0.5) is 4.39 Å². The Bertz CT molecular complexity index is 661. The molecule has 0 heterocycles. The van der Waals surface area contributed by atoms with Crippen LogP contribution in [-0.4, -0.2) is 0 Å². The average Bonchev–Trinajstić information content (AvgIpc) is 2.56. The zero-order valence-electron chi connectivity index (χ0n) is 14.5. The van der Waals surface area contributed by atoms with Gasteiger partial charge in [0, 0.05) is 5.56 Å². The maximum Gasteiger partial charge on any atom is 0.134 e. The first-order chi connectivity index (χ1) is 11.1. The van der Waals surface area contributed by atoms with E-state index in [1.54, 1.807) is 0 Å². The minimum absolute atomic E-state index is 0.0493. The molecule has 1 saturated carbocycles. The summed E-state index contributed by atoms with van der Waals surface area (Å²) in [4.78, 5) is 0. The van der Waals surface area contributed by atoms with E-state index in [1.807, 2.05) is 26.0 Å². The summed E-state index contributed by atoms with van der Waals surface area (Å²) >= 11 is 0. The Morgan fingerprint density at radius 3 is 2.22 bits per heavy atom. The van der Waals surface area contributed by atoms with Crippen molar-refractivity contribution < 1.29 is 4.39 Å². The van der Waals surface area contributed by atoms with Gasteiger partial charge in [0.25, 0.3) is 0 Å². The van der Waals surface area contributed by atoms with Crippen molar-refractivity contribution in [2.45, 2.75) is 58.8 Å². The number of benzene rings is 2. The number of hydrogen-bond acceptors (Lipinski definition) is 0. The summed E-state index contributed by atoms with van der Waals surface area (Å²) < 4.78 is 14.7. The molecule has 0 aliphatic heterocycles. The fraction of sp³-hybridized carbons (Fsp3) is 0.455. The lowest BCUT2D eigenvalue weighted by molar-refractivity contribution is 0.348. The van der Waals surface area contributed by atoms with Crippen LogP contribution < -0.4 is 0 Å². The lowest BCUT2D eigenvalue weighted by Gasteiger charge is -2.26. The molecule has 0 saturated heterocycles. The second kappa shape index (κ2) is 6.86. The number of aryl methyl sites for hydroxylation is 1. The topological polar surface area (TPSA) is 0 Å². The summed E-state index contributed by atoms with van der Waals surface area (Å²) in [6, 6.07) is 12.6. The van der Waals surface area contributed by atoms with Crippen LogP contribution in [0.1, 0.15) is 62.1 Å². The van der Waals surface area contributed by atoms with E-state index in [0.29, 0.717) is 5.92 Å². The summed E-state index contributed by atoms with van der Waals surface area (Å²) in [6.07, 6.45) is 5.99. The highest BCUT2D eigenvalue weighted by Crippen LogP contribution is 2.36. The van der Waals surface area contributed by atoms with Crippen molar-refractivity contribution in [2.24, 2.45) is 5.92 Å². The number of hydrogen-bond donors (Lipinski definition) is 0. The fourth-order valence-corrected chi connectivity index (χ4v) is 3.90. The molecule has 0 N–H and O–H groups in total. The zero-order chi connectivity index (χ0) is 16.4. The second-order valence-corrected chi connectivity index (χ2v) is 7.15. The first-order valence-electron chi connectivity index (χ1n) is 8.98. The van der Waals surface area contributed by atoms with Gasteiger partial charge in [-0.25, -0.2) is 4.39 Å². The predicted molar refractivity (Wildman–Crippen MR) is 96.3 cm³/mol. The highest BCUT2D eigenvalue weighted by molar-refractivity contribution is 5.66. The minimum atomic E-state index is -0.0493. The third kappa shape index (κ3) is 3.34. The molecule has 1 aliphatic carbocycles. The van der Waals surface area contributed by atoms with E-state index in [1.165, 1.54) is 31.2 Å².